The monoisotopic (exact) mass is 331 g/mol. The van der Waals surface area contributed by atoms with E-state index in [0.29, 0.717) is 11.5 Å². The van der Waals surface area contributed by atoms with Crippen LogP contribution in [0.4, 0.5) is 5.82 Å². The highest BCUT2D eigenvalue weighted by atomic mass is 16.3. The predicted octanol–water partition coefficient (Wildman–Crippen LogP) is 4.77. The molecule has 0 aliphatic heterocycles. The van der Waals surface area contributed by atoms with Crippen LogP contribution in [-0.2, 0) is 0 Å². The smallest absolute Gasteiger partial charge is 0.231 e. The van der Waals surface area contributed by atoms with Crippen molar-refractivity contribution in [1.82, 2.24) is 9.97 Å². The van der Waals surface area contributed by atoms with E-state index in [4.69, 9.17) is 4.42 Å². The summed E-state index contributed by atoms with van der Waals surface area (Å²) < 4.78 is 5.85. The summed E-state index contributed by atoms with van der Waals surface area (Å²) in [6.07, 6.45) is 1.49. The Morgan fingerprint density at radius 3 is 2.52 bits per heavy atom. The van der Waals surface area contributed by atoms with Crippen LogP contribution in [0.2, 0.25) is 0 Å². The number of phenols is 1. The van der Waals surface area contributed by atoms with E-state index in [9.17, 15) is 5.11 Å². The molecule has 5 nitrogen and oxygen atoms in total. The molecule has 0 bridgehead atoms. The summed E-state index contributed by atoms with van der Waals surface area (Å²) in [5, 5.41) is 13.7. The number of aromatic hydroxyl groups is 1. The van der Waals surface area contributed by atoms with Gasteiger partial charge in [0.25, 0.3) is 0 Å². The normalized spacial score (nSPS) is 12.2. The summed E-state index contributed by atoms with van der Waals surface area (Å²) in [6.45, 7) is 2.09. The Labute approximate surface area is 145 Å². The van der Waals surface area contributed by atoms with Gasteiger partial charge < -0.3 is 14.8 Å². The third kappa shape index (κ3) is 3.04. The molecule has 0 amide bonds. The predicted molar refractivity (Wildman–Crippen MR) is 97.4 cm³/mol. The molecule has 2 heterocycles. The largest absolute Gasteiger partial charge is 0.508 e. The van der Waals surface area contributed by atoms with Gasteiger partial charge in [-0.05, 0) is 42.8 Å². The van der Waals surface area contributed by atoms with Crippen LogP contribution in [-0.4, -0.2) is 15.1 Å². The third-order valence-corrected chi connectivity index (χ3v) is 4.13. The van der Waals surface area contributed by atoms with Crippen molar-refractivity contribution in [2.24, 2.45) is 0 Å². The van der Waals surface area contributed by atoms with Gasteiger partial charge in [-0.3, -0.25) is 0 Å². The summed E-state index contributed by atoms with van der Waals surface area (Å²) >= 11 is 0. The van der Waals surface area contributed by atoms with Crippen molar-refractivity contribution in [3.05, 3.63) is 72.6 Å². The van der Waals surface area contributed by atoms with E-state index in [1.54, 1.807) is 24.3 Å². The molecular weight excluding hydrogens is 314 g/mol. The van der Waals surface area contributed by atoms with E-state index < -0.39 is 0 Å². The van der Waals surface area contributed by atoms with Gasteiger partial charge in [-0.1, -0.05) is 30.3 Å². The standard InChI is InChI=1S/C20H17N3O2/c1-13(14-5-3-2-4-6-14)23-19-17-11-18(25-20(17)22-12-21-19)15-7-9-16(24)10-8-15/h2-13,24H,1H3,(H,21,22,23)/t13-/m1/s1. The average Bonchev–Trinajstić information content (AvgIpc) is 3.08. The lowest BCUT2D eigenvalue weighted by Crippen LogP contribution is -2.08. The van der Waals surface area contributed by atoms with Crippen molar-refractivity contribution in [2.45, 2.75) is 13.0 Å². The second-order valence-corrected chi connectivity index (χ2v) is 5.88. The summed E-state index contributed by atoms with van der Waals surface area (Å²) in [5.41, 5.74) is 2.58. The summed E-state index contributed by atoms with van der Waals surface area (Å²) in [7, 11) is 0. The van der Waals surface area contributed by atoms with Gasteiger partial charge in [-0.25, -0.2) is 9.97 Å². The van der Waals surface area contributed by atoms with Crippen molar-refractivity contribution in [1.29, 1.82) is 0 Å². The Kier molecular flexibility index (Phi) is 3.82. The average molecular weight is 331 g/mol. The molecule has 0 unspecified atom stereocenters. The number of aromatic nitrogens is 2. The van der Waals surface area contributed by atoms with Gasteiger partial charge in [0, 0.05) is 11.6 Å². The molecule has 2 aromatic carbocycles. The molecule has 2 N–H and O–H groups in total. The van der Waals surface area contributed by atoms with Crippen LogP contribution in [0, 0.1) is 0 Å². The number of hydrogen-bond acceptors (Lipinski definition) is 5. The molecule has 0 fully saturated rings. The van der Waals surface area contributed by atoms with Crippen molar-refractivity contribution in [2.75, 3.05) is 5.32 Å². The minimum atomic E-state index is 0.103. The number of nitrogens with zero attached hydrogens (tertiary/aromatic N) is 2. The first kappa shape index (κ1) is 15.2. The number of benzene rings is 2. The van der Waals surface area contributed by atoms with E-state index in [1.165, 1.54) is 11.9 Å². The fourth-order valence-corrected chi connectivity index (χ4v) is 2.77. The minimum Gasteiger partial charge on any atom is -0.508 e. The van der Waals surface area contributed by atoms with E-state index in [1.807, 2.05) is 24.3 Å². The van der Waals surface area contributed by atoms with Crippen LogP contribution in [0.1, 0.15) is 18.5 Å². The first-order chi connectivity index (χ1) is 12.2. The van der Waals surface area contributed by atoms with Crippen molar-refractivity contribution < 1.29 is 9.52 Å². The number of fused-ring (bicyclic) bond motifs is 1. The van der Waals surface area contributed by atoms with Crippen molar-refractivity contribution in [3.63, 3.8) is 0 Å². The number of rotatable bonds is 4. The summed E-state index contributed by atoms with van der Waals surface area (Å²) in [4.78, 5) is 8.59. The van der Waals surface area contributed by atoms with Crippen LogP contribution in [0.5, 0.6) is 5.75 Å². The lowest BCUT2D eigenvalue weighted by atomic mass is 10.1. The maximum absolute atomic E-state index is 9.43. The molecule has 1 atom stereocenters. The number of hydrogen-bond donors (Lipinski definition) is 2. The molecule has 2 aromatic heterocycles. The first-order valence-electron chi connectivity index (χ1n) is 8.06. The molecule has 0 aliphatic carbocycles. The zero-order valence-corrected chi connectivity index (χ0v) is 13.7. The highest BCUT2D eigenvalue weighted by Crippen LogP contribution is 2.31. The lowest BCUT2D eigenvalue weighted by Gasteiger charge is -2.14. The van der Waals surface area contributed by atoms with E-state index >= 15 is 0 Å². The number of anilines is 1. The molecule has 0 spiro atoms. The van der Waals surface area contributed by atoms with Crippen LogP contribution in [0.25, 0.3) is 22.4 Å². The fraction of sp³-hybridized carbons (Fsp3) is 0.100. The molecule has 0 saturated carbocycles. The number of furan rings is 1. The van der Waals surface area contributed by atoms with E-state index in [0.717, 1.165) is 16.8 Å². The van der Waals surface area contributed by atoms with E-state index in [2.05, 4.69) is 34.3 Å². The Balaban J connectivity index is 1.69. The maximum atomic E-state index is 9.43. The molecule has 124 valence electrons. The number of nitrogens with one attached hydrogen (secondary N) is 1. The van der Waals surface area contributed by atoms with Gasteiger partial charge >= 0.3 is 0 Å². The fourth-order valence-electron chi connectivity index (χ4n) is 2.77. The zero-order valence-electron chi connectivity index (χ0n) is 13.7. The van der Waals surface area contributed by atoms with Crippen LogP contribution >= 0.6 is 0 Å². The highest BCUT2D eigenvalue weighted by Gasteiger charge is 2.14. The second kappa shape index (κ2) is 6.28. The molecule has 0 aliphatic rings. The maximum Gasteiger partial charge on any atom is 0.231 e. The second-order valence-electron chi connectivity index (χ2n) is 5.88. The van der Waals surface area contributed by atoms with Crippen LogP contribution < -0.4 is 5.32 Å². The third-order valence-electron chi connectivity index (χ3n) is 4.13. The van der Waals surface area contributed by atoms with Crippen LogP contribution in [0.15, 0.2) is 71.4 Å². The number of phenolic OH excluding ortho intramolecular Hbond substituents is 1. The van der Waals surface area contributed by atoms with E-state index in [-0.39, 0.29) is 11.8 Å². The van der Waals surface area contributed by atoms with Crippen LogP contribution in [0.3, 0.4) is 0 Å². The molecular formula is C20H17N3O2. The van der Waals surface area contributed by atoms with Crippen molar-refractivity contribution in [3.8, 4) is 17.1 Å². The SMILES string of the molecule is C[C@@H](Nc1ncnc2oc(-c3ccc(O)cc3)cc12)c1ccccc1. The van der Waals surface area contributed by atoms with Gasteiger partial charge in [-0.15, -0.1) is 0 Å². The molecule has 4 aromatic rings. The topological polar surface area (TPSA) is 71.2 Å². The molecule has 0 saturated heterocycles. The Hall–Kier alpha value is -3.34. The molecule has 4 rings (SSSR count). The summed E-state index contributed by atoms with van der Waals surface area (Å²) in [6, 6.07) is 19.1. The summed E-state index contributed by atoms with van der Waals surface area (Å²) in [5.74, 6) is 1.64. The molecule has 25 heavy (non-hydrogen) atoms. The minimum absolute atomic E-state index is 0.103. The zero-order chi connectivity index (χ0) is 17.2. The lowest BCUT2D eigenvalue weighted by molar-refractivity contribution is 0.475. The Morgan fingerprint density at radius 2 is 1.76 bits per heavy atom. The quantitative estimate of drug-likeness (QED) is 0.564. The molecule has 0 radical (unpaired) electrons. The van der Waals surface area contributed by atoms with Gasteiger partial charge in [-0.2, -0.15) is 0 Å². The molecule has 5 heteroatoms. The van der Waals surface area contributed by atoms with Crippen molar-refractivity contribution >= 4 is 16.9 Å². The first-order valence-corrected chi connectivity index (χ1v) is 8.06. The van der Waals surface area contributed by atoms with Gasteiger partial charge in [0.15, 0.2) is 0 Å². The Morgan fingerprint density at radius 1 is 1.00 bits per heavy atom. The van der Waals surface area contributed by atoms with Gasteiger partial charge in [0.1, 0.15) is 23.7 Å². The Bertz CT molecular complexity index is 995. The van der Waals surface area contributed by atoms with Gasteiger partial charge in [0.05, 0.1) is 5.39 Å². The highest BCUT2D eigenvalue weighted by molar-refractivity contribution is 5.89. The van der Waals surface area contributed by atoms with Gasteiger partial charge in [0.2, 0.25) is 5.71 Å².